The average Bonchev–Trinajstić information content (AvgIpc) is 2.31. The fourth-order valence-corrected chi connectivity index (χ4v) is 2.58. The summed E-state index contributed by atoms with van der Waals surface area (Å²) in [6, 6.07) is 6.17. The van der Waals surface area contributed by atoms with Crippen LogP contribution in [0.4, 0.5) is 0 Å². The Morgan fingerprint density at radius 3 is 2.60 bits per heavy atom. The van der Waals surface area contributed by atoms with Crippen molar-refractivity contribution in [2.75, 3.05) is 0 Å². The molecule has 0 radical (unpaired) electrons. The molecule has 1 nitrogen and oxygen atoms in total. The third-order valence-corrected chi connectivity index (χ3v) is 3.56. The van der Waals surface area contributed by atoms with E-state index in [9.17, 15) is 5.11 Å². The van der Waals surface area contributed by atoms with Crippen molar-refractivity contribution in [1.29, 1.82) is 0 Å². The van der Waals surface area contributed by atoms with Crippen molar-refractivity contribution in [3.63, 3.8) is 0 Å². The smallest absolute Gasteiger partial charge is 0.118 e. The highest BCUT2D eigenvalue weighted by Gasteiger charge is 2.16. The van der Waals surface area contributed by atoms with Gasteiger partial charge in [0.15, 0.2) is 0 Å². The molecule has 2 rings (SSSR count). The molecule has 1 aromatic carbocycles. The van der Waals surface area contributed by atoms with Crippen LogP contribution in [0.5, 0.6) is 5.75 Å². The van der Waals surface area contributed by atoms with Crippen molar-refractivity contribution in [2.24, 2.45) is 0 Å². The van der Waals surface area contributed by atoms with Crippen molar-refractivity contribution in [2.45, 2.75) is 51.4 Å². The van der Waals surface area contributed by atoms with Gasteiger partial charge < -0.3 is 5.11 Å². The first kappa shape index (κ1) is 10.5. The van der Waals surface area contributed by atoms with E-state index in [1.165, 1.54) is 37.7 Å². The summed E-state index contributed by atoms with van der Waals surface area (Å²) >= 11 is 0. The van der Waals surface area contributed by atoms with Gasteiger partial charge in [0.05, 0.1) is 0 Å². The molecule has 0 saturated heterocycles. The molecule has 0 aliphatic heterocycles. The van der Waals surface area contributed by atoms with Gasteiger partial charge in [0.2, 0.25) is 0 Å². The number of benzene rings is 1. The Bertz CT molecular complexity index is 324. The normalized spacial score (nSPS) is 17.9. The van der Waals surface area contributed by atoms with E-state index in [-0.39, 0.29) is 0 Å². The topological polar surface area (TPSA) is 20.2 Å². The number of hydrogen-bond donors (Lipinski definition) is 1. The zero-order valence-corrected chi connectivity index (χ0v) is 9.50. The number of phenols is 1. The predicted octanol–water partition coefficient (Wildman–Crippen LogP) is 4.00. The van der Waals surface area contributed by atoms with Crippen LogP contribution >= 0.6 is 0 Å². The lowest BCUT2D eigenvalue weighted by atomic mass is 9.83. The van der Waals surface area contributed by atoms with Gasteiger partial charge >= 0.3 is 0 Å². The largest absolute Gasteiger partial charge is 0.508 e. The molecule has 0 aromatic heterocycles. The summed E-state index contributed by atoms with van der Waals surface area (Å²) in [4.78, 5) is 0. The monoisotopic (exact) mass is 204 g/mol. The Hall–Kier alpha value is -0.980. The van der Waals surface area contributed by atoms with Crippen LogP contribution < -0.4 is 0 Å². The molecule has 0 unspecified atom stereocenters. The van der Waals surface area contributed by atoms with Crippen molar-refractivity contribution < 1.29 is 5.11 Å². The average molecular weight is 204 g/mol. The van der Waals surface area contributed by atoms with Gasteiger partial charge in [0.1, 0.15) is 5.75 Å². The van der Waals surface area contributed by atoms with Crippen molar-refractivity contribution in [3.8, 4) is 5.75 Å². The number of phenolic OH excluding ortho intramolecular Hbond substituents is 1. The molecule has 82 valence electrons. The molecule has 0 heterocycles. The highest BCUT2D eigenvalue weighted by Crippen LogP contribution is 2.34. The van der Waals surface area contributed by atoms with Gasteiger partial charge in [-0.15, -0.1) is 0 Å². The maximum atomic E-state index is 9.63. The number of rotatable bonds is 2. The summed E-state index contributed by atoms with van der Waals surface area (Å²) in [7, 11) is 0. The quantitative estimate of drug-likeness (QED) is 0.772. The molecular weight excluding hydrogens is 184 g/mol. The Morgan fingerprint density at radius 1 is 1.20 bits per heavy atom. The van der Waals surface area contributed by atoms with Gasteiger partial charge in [-0.2, -0.15) is 0 Å². The highest BCUT2D eigenvalue weighted by molar-refractivity contribution is 5.37. The Morgan fingerprint density at radius 2 is 1.93 bits per heavy atom. The van der Waals surface area contributed by atoms with Gasteiger partial charge in [0, 0.05) is 0 Å². The fraction of sp³-hybridized carbons (Fsp3) is 0.571. The molecule has 0 amide bonds. The molecule has 0 spiro atoms. The van der Waals surface area contributed by atoms with Crippen LogP contribution in [0.1, 0.15) is 56.1 Å². The summed E-state index contributed by atoms with van der Waals surface area (Å²) in [5, 5.41) is 9.63. The highest BCUT2D eigenvalue weighted by atomic mass is 16.3. The van der Waals surface area contributed by atoms with Crippen LogP contribution in [0, 0.1) is 0 Å². The molecule has 1 aliphatic carbocycles. The van der Waals surface area contributed by atoms with E-state index in [2.05, 4.69) is 19.1 Å². The third kappa shape index (κ3) is 2.34. The van der Waals surface area contributed by atoms with Crippen LogP contribution in [-0.4, -0.2) is 5.11 Å². The van der Waals surface area contributed by atoms with Crippen LogP contribution in [0.15, 0.2) is 18.2 Å². The Balaban J connectivity index is 2.20. The van der Waals surface area contributed by atoms with Gasteiger partial charge in [-0.05, 0) is 42.4 Å². The summed E-state index contributed by atoms with van der Waals surface area (Å²) in [5.74, 6) is 1.20. The van der Waals surface area contributed by atoms with Crippen LogP contribution in [0.2, 0.25) is 0 Å². The minimum Gasteiger partial charge on any atom is -0.508 e. The molecule has 0 atom stereocenters. The van der Waals surface area contributed by atoms with Crippen molar-refractivity contribution >= 4 is 0 Å². The van der Waals surface area contributed by atoms with Gasteiger partial charge in [0.25, 0.3) is 0 Å². The van der Waals surface area contributed by atoms with Crippen molar-refractivity contribution in [1.82, 2.24) is 0 Å². The molecule has 1 N–H and O–H groups in total. The molecule has 1 saturated carbocycles. The first-order valence-electron chi connectivity index (χ1n) is 6.13. The van der Waals surface area contributed by atoms with E-state index in [0.29, 0.717) is 5.75 Å². The van der Waals surface area contributed by atoms with Crippen LogP contribution in [0.3, 0.4) is 0 Å². The first-order valence-corrected chi connectivity index (χ1v) is 6.13. The number of aromatic hydroxyl groups is 1. The van der Waals surface area contributed by atoms with E-state index < -0.39 is 0 Å². The minimum absolute atomic E-state index is 0.456. The van der Waals surface area contributed by atoms with Gasteiger partial charge in [-0.1, -0.05) is 38.3 Å². The van der Waals surface area contributed by atoms with Crippen molar-refractivity contribution in [3.05, 3.63) is 29.3 Å². The Kier molecular flexibility index (Phi) is 3.30. The second-order valence-electron chi connectivity index (χ2n) is 4.58. The molecule has 15 heavy (non-hydrogen) atoms. The van der Waals surface area contributed by atoms with E-state index >= 15 is 0 Å². The van der Waals surface area contributed by atoms with Crippen LogP contribution in [0.25, 0.3) is 0 Å². The zero-order chi connectivity index (χ0) is 10.7. The second kappa shape index (κ2) is 4.69. The maximum Gasteiger partial charge on any atom is 0.118 e. The SMILES string of the molecule is CCc1cc(C2CCCCC2)ccc1O. The van der Waals surface area contributed by atoms with E-state index in [0.717, 1.165) is 17.9 Å². The summed E-state index contributed by atoms with van der Waals surface area (Å²) < 4.78 is 0. The first-order chi connectivity index (χ1) is 7.31. The summed E-state index contributed by atoms with van der Waals surface area (Å²) in [6.45, 7) is 2.10. The zero-order valence-electron chi connectivity index (χ0n) is 9.50. The molecule has 0 bridgehead atoms. The van der Waals surface area contributed by atoms with E-state index in [1.54, 1.807) is 0 Å². The standard InChI is InChI=1S/C14H20O/c1-2-11-10-13(8-9-14(11)15)12-6-4-3-5-7-12/h8-10,12,15H,2-7H2,1H3. The third-order valence-electron chi connectivity index (χ3n) is 3.56. The lowest BCUT2D eigenvalue weighted by Crippen LogP contribution is -2.04. The lowest BCUT2D eigenvalue weighted by molar-refractivity contribution is 0.440. The van der Waals surface area contributed by atoms with Gasteiger partial charge in [-0.25, -0.2) is 0 Å². The number of hydrogen-bond acceptors (Lipinski definition) is 1. The fourth-order valence-electron chi connectivity index (χ4n) is 2.58. The molecule has 1 aromatic rings. The minimum atomic E-state index is 0.456. The van der Waals surface area contributed by atoms with Gasteiger partial charge in [-0.3, -0.25) is 0 Å². The maximum absolute atomic E-state index is 9.63. The lowest BCUT2D eigenvalue weighted by Gasteiger charge is -2.22. The molecular formula is C14H20O. The summed E-state index contributed by atoms with van der Waals surface area (Å²) in [5.41, 5.74) is 2.53. The predicted molar refractivity (Wildman–Crippen MR) is 63.3 cm³/mol. The molecule has 1 aliphatic rings. The van der Waals surface area contributed by atoms with E-state index in [1.807, 2.05) is 6.07 Å². The summed E-state index contributed by atoms with van der Waals surface area (Å²) in [6.07, 6.45) is 7.71. The number of aryl methyl sites for hydroxylation is 1. The second-order valence-corrected chi connectivity index (χ2v) is 4.58. The molecule has 1 heteroatoms. The Labute approximate surface area is 92.1 Å². The van der Waals surface area contributed by atoms with Crippen LogP contribution in [-0.2, 0) is 6.42 Å². The van der Waals surface area contributed by atoms with E-state index in [4.69, 9.17) is 0 Å². The molecule has 1 fully saturated rings.